The van der Waals surface area contributed by atoms with Gasteiger partial charge in [-0.2, -0.15) is 0 Å². The molecule has 2 aromatic carbocycles. The van der Waals surface area contributed by atoms with Crippen LogP contribution in [-0.2, 0) is 4.79 Å². The molecule has 1 saturated heterocycles. The van der Waals surface area contributed by atoms with Gasteiger partial charge in [0.1, 0.15) is 5.75 Å². The Bertz CT molecular complexity index is 1050. The van der Waals surface area contributed by atoms with E-state index in [2.05, 4.69) is 26.2 Å². The monoisotopic (exact) mass is 451 g/mol. The topological polar surface area (TPSA) is 71.5 Å². The van der Waals surface area contributed by atoms with Gasteiger partial charge in [0.05, 0.1) is 5.56 Å². The molecule has 6 nitrogen and oxygen atoms in total. The Labute approximate surface area is 176 Å². The lowest BCUT2D eigenvalue weighted by Crippen LogP contribution is -2.23. The largest absolute Gasteiger partial charge is 0.439 e. The summed E-state index contributed by atoms with van der Waals surface area (Å²) in [6.45, 7) is 0.708. The van der Waals surface area contributed by atoms with Crippen molar-refractivity contribution in [3.05, 3.63) is 76.9 Å². The van der Waals surface area contributed by atoms with Gasteiger partial charge in [-0.05, 0) is 48.9 Å². The van der Waals surface area contributed by atoms with Crippen LogP contribution in [0.25, 0.3) is 0 Å². The van der Waals surface area contributed by atoms with Crippen molar-refractivity contribution in [2.45, 2.75) is 12.8 Å². The van der Waals surface area contributed by atoms with Crippen LogP contribution >= 0.6 is 15.9 Å². The first kappa shape index (κ1) is 19.1. The number of ether oxygens (including phenoxy) is 1. The highest BCUT2D eigenvalue weighted by molar-refractivity contribution is 9.10. The summed E-state index contributed by atoms with van der Waals surface area (Å²) >= 11 is 3.39. The Hall–Kier alpha value is -3.19. The molecule has 1 N–H and O–H groups in total. The highest BCUT2D eigenvalue weighted by Crippen LogP contribution is 2.25. The molecule has 0 spiro atoms. The summed E-state index contributed by atoms with van der Waals surface area (Å²) < 4.78 is 6.59. The highest BCUT2D eigenvalue weighted by atomic mass is 79.9. The van der Waals surface area contributed by atoms with Gasteiger partial charge in [-0.25, -0.2) is 4.98 Å². The van der Waals surface area contributed by atoms with E-state index in [1.54, 1.807) is 29.2 Å². The van der Waals surface area contributed by atoms with E-state index >= 15 is 0 Å². The summed E-state index contributed by atoms with van der Waals surface area (Å²) in [5.74, 6) is 0.877. The van der Waals surface area contributed by atoms with Gasteiger partial charge in [0.15, 0.2) is 0 Å². The molecule has 0 radical (unpaired) electrons. The molecule has 1 aliphatic rings. The van der Waals surface area contributed by atoms with E-state index in [0.29, 0.717) is 35.8 Å². The second-order valence-electron chi connectivity index (χ2n) is 6.60. The second kappa shape index (κ2) is 8.45. The van der Waals surface area contributed by atoms with Crippen LogP contribution in [-0.4, -0.2) is 23.3 Å². The fourth-order valence-electron chi connectivity index (χ4n) is 3.10. The lowest BCUT2D eigenvalue weighted by Gasteiger charge is -2.16. The van der Waals surface area contributed by atoms with Crippen molar-refractivity contribution in [3.8, 4) is 11.6 Å². The van der Waals surface area contributed by atoms with Crippen LogP contribution in [0.2, 0.25) is 0 Å². The molecule has 0 atom stereocenters. The molecule has 2 amide bonds. The van der Waals surface area contributed by atoms with Gasteiger partial charge in [-0.1, -0.05) is 28.1 Å². The molecule has 4 rings (SSSR count). The third kappa shape index (κ3) is 4.63. The minimum Gasteiger partial charge on any atom is -0.439 e. The predicted octanol–water partition coefficient (Wildman–Crippen LogP) is 5.02. The minimum atomic E-state index is -0.281. The minimum absolute atomic E-state index is 0.110. The normalized spacial score (nSPS) is 13.4. The molecular formula is C22H18BrN3O3. The van der Waals surface area contributed by atoms with E-state index < -0.39 is 0 Å². The lowest BCUT2D eigenvalue weighted by molar-refractivity contribution is -0.117. The molecule has 7 heteroatoms. The number of nitrogens with one attached hydrogen (secondary N) is 1. The fourth-order valence-corrected chi connectivity index (χ4v) is 3.48. The highest BCUT2D eigenvalue weighted by Gasteiger charge is 2.21. The zero-order chi connectivity index (χ0) is 20.2. The first-order valence-electron chi connectivity index (χ1n) is 9.20. The number of hydrogen-bond donors (Lipinski definition) is 1. The number of rotatable bonds is 5. The maximum atomic E-state index is 12.5. The molecule has 0 saturated carbocycles. The van der Waals surface area contributed by atoms with Crippen molar-refractivity contribution in [3.63, 3.8) is 0 Å². The van der Waals surface area contributed by atoms with E-state index in [1.807, 2.05) is 36.4 Å². The smallest absolute Gasteiger partial charge is 0.257 e. The number of carbonyl (C=O) groups is 2. The summed E-state index contributed by atoms with van der Waals surface area (Å²) in [7, 11) is 0. The number of amides is 2. The van der Waals surface area contributed by atoms with E-state index in [9.17, 15) is 9.59 Å². The summed E-state index contributed by atoms with van der Waals surface area (Å²) in [6, 6.07) is 18.0. The summed E-state index contributed by atoms with van der Waals surface area (Å²) in [6.07, 6.45) is 2.89. The number of nitrogens with zero attached hydrogens (tertiary/aromatic N) is 2. The van der Waals surface area contributed by atoms with Crippen molar-refractivity contribution in [2.24, 2.45) is 0 Å². The summed E-state index contributed by atoms with van der Waals surface area (Å²) in [5, 5.41) is 2.85. The van der Waals surface area contributed by atoms with Gasteiger partial charge in [0.25, 0.3) is 5.91 Å². The number of carbonyl (C=O) groups excluding carboxylic acids is 2. The average molecular weight is 452 g/mol. The van der Waals surface area contributed by atoms with Crippen molar-refractivity contribution < 1.29 is 14.3 Å². The predicted molar refractivity (Wildman–Crippen MR) is 114 cm³/mol. The summed E-state index contributed by atoms with van der Waals surface area (Å²) in [5.41, 5.74) is 1.83. The van der Waals surface area contributed by atoms with Crippen LogP contribution < -0.4 is 15.0 Å². The molecule has 146 valence electrons. The number of pyridine rings is 1. The molecule has 1 aromatic heterocycles. The van der Waals surface area contributed by atoms with Crippen LogP contribution in [0.15, 0.2) is 71.3 Å². The standard InChI is InChI=1S/C22H18BrN3O3/c23-16-4-1-7-19(12-16)29-20-10-9-15(14-24-20)22(28)25-17-5-2-6-18(13-17)26-11-3-8-21(26)27/h1-2,4-7,9-10,12-14H,3,8,11H2,(H,25,28). The number of aromatic nitrogens is 1. The molecule has 29 heavy (non-hydrogen) atoms. The first-order valence-corrected chi connectivity index (χ1v) is 9.99. The zero-order valence-electron chi connectivity index (χ0n) is 15.5. The Morgan fingerprint density at radius 1 is 1.10 bits per heavy atom. The van der Waals surface area contributed by atoms with Crippen LogP contribution in [0.3, 0.4) is 0 Å². The van der Waals surface area contributed by atoms with Crippen LogP contribution in [0.4, 0.5) is 11.4 Å². The van der Waals surface area contributed by atoms with Gasteiger partial charge >= 0.3 is 0 Å². The molecule has 2 heterocycles. The lowest BCUT2D eigenvalue weighted by atomic mass is 10.2. The summed E-state index contributed by atoms with van der Waals surface area (Å²) in [4.78, 5) is 30.4. The van der Waals surface area contributed by atoms with Gasteiger partial charge < -0.3 is 15.0 Å². The van der Waals surface area contributed by atoms with Crippen LogP contribution in [0.1, 0.15) is 23.2 Å². The number of halogens is 1. The maximum absolute atomic E-state index is 12.5. The third-order valence-corrected chi connectivity index (χ3v) is 5.00. The van der Waals surface area contributed by atoms with E-state index in [4.69, 9.17) is 4.74 Å². The quantitative estimate of drug-likeness (QED) is 0.591. The zero-order valence-corrected chi connectivity index (χ0v) is 17.1. The van der Waals surface area contributed by atoms with Crippen LogP contribution in [0, 0.1) is 0 Å². The van der Waals surface area contributed by atoms with Gasteiger partial charge in [-0.15, -0.1) is 0 Å². The van der Waals surface area contributed by atoms with Crippen molar-refractivity contribution in [1.29, 1.82) is 0 Å². The molecule has 0 bridgehead atoms. The SMILES string of the molecule is O=C(Nc1cccc(N2CCCC2=O)c1)c1ccc(Oc2cccc(Br)c2)nc1. The van der Waals surface area contributed by atoms with Crippen molar-refractivity contribution in [1.82, 2.24) is 4.98 Å². The molecule has 1 aliphatic heterocycles. The fraction of sp³-hybridized carbons (Fsp3) is 0.136. The number of hydrogen-bond acceptors (Lipinski definition) is 4. The Morgan fingerprint density at radius 3 is 2.69 bits per heavy atom. The molecule has 0 aliphatic carbocycles. The van der Waals surface area contributed by atoms with E-state index in [0.717, 1.165) is 16.6 Å². The van der Waals surface area contributed by atoms with Gasteiger partial charge in [0, 0.05) is 41.1 Å². The maximum Gasteiger partial charge on any atom is 0.257 e. The van der Waals surface area contributed by atoms with Crippen LogP contribution in [0.5, 0.6) is 11.6 Å². The Morgan fingerprint density at radius 2 is 1.97 bits per heavy atom. The third-order valence-electron chi connectivity index (χ3n) is 4.51. The molecule has 3 aromatic rings. The first-order chi connectivity index (χ1) is 14.1. The Balaban J connectivity index is 1.43. The van der Waals surface area contributed by atoms with Crippen molar-refractivity contribution >= 4 is 39.1 Å². The van der Waals surface area contributed by atoms with E-state index in [-0.39, 0.29) is 11.8 Å². The molecular weight excluding hydrogens is 434 g/mol. The molecule has 1 fully saturated rings. The number of anilines is 2. The Kier molecular flexibility index (Phi) is 5.57. The molecule has 0 unspecified atom stereocenters. The van der Waals surface area contributed by atoms with E-state index in [1.165, 1.54) is 6.20 Å². The van der Waals surface area contributed by atoms with Gasteiger partial charge in [-0.3, -0.25) is 9.59 Å². The average Bonchev–Trinajstić information content (AvgIpc) is 3.15. The van der Waals surface area contributed by atoms with Crippen molar-refractivity contribution in [2.75, 3.05) is 16.8 Å². The van der Waals surface area contributed by atoms with Gasteiger partial charge in [0.2, 0.25) is 11.8 Å². The second-order valence-corrected chi connectivity index (χ2v) is 7.51. The number of benzene rings is 2.